The number of ketones is 1. The van der Waals surface area contributed by atoms with Crippen LogP contribution < -0.4 is 39.0 Å². The Hall–Kier alpha value is -2.28. The van der Waals surface area contributed by atoms with Crippen molar-refractivity contribution < 1.29 is 58.8 Å². The molecule has 0 unspecified atom stereocenters. The number of methoxy groups -OCH3 is 1. The van der Waals surface area contributed by atoms with E-state index >= 15 is 0 Å². The molecule has 2 aromatic carbocycles. The first-order valence-electron chi connectivity index (χ1n) is 7.03. The number of ether oxygens (including phenoxy) is 2. The van der Waals surface area contributed by atoms with Crippen molar-refractivity contribution in [2.24, 2.45) is 0 Å². The summed E-state index contributed by atoms with van der Waals surface area (Å²) < 4.78 is 10.0. The van der Waals surface area contributed by atoms with Crippen LogP contribution in [-0.2, 0) is 4.79 Å². The molecule has 7 heteroatoms. The first-order chi connectivity index (χ1) is 11.5. The van der Waals surface area contributed by atoms with Crippen molar-refractivity contribution >= 4 is 17.8 Å². The smallest absolute Gasteiger partial charge is 0.504 e. The van der Waals surface area contributed by atoms with Crippen molar-refractivity contribution in [3.63, 3.8) is 0 Å². The number of rotatable bonds is 7. The second kappa shape index (κ2) is 9.88. The van der Waals surface area contributed by atoms with E-state index in [1.165, 1.54) is 31.4 Å². The van der Waals surface area contributed by atoms with E-state index in [-0.39, 0.29) is 41.1 Å². The summed E-state index contributed by atoms with van der Waals surface area (Å²) in [5, 5.41) is 18.1. The van der Waals surface area contributed by atoms with Gasteiger partial charge in [-0.3, -0.25) is 4.79 Å². The predicted octanol–water partition coefficient (Wildman–Crippen LogP) is -0.236. The third-order valence-corrected chi connectivity index (χ3v) is 3.13. The molecule has 25 heavy (non-hydrogen) atoms. The van der Waals surface area contributed by atoms with E-state index in [1.807, 2.05) is 0 Å². The fourth-order valence-corrected chi connectivity index (χ4v) is 1.93. The van der Waals surface area contributed by atoms with Crippen LogP contribution in [-0.4, -0.2) is 35.7 Å². The number of aliphatic carboxylic acids is 1. The Morgan fingerprint density at radius 1 is 1.12 bits per heavy atom. The van der Waals surface area contributed by atoms with Crippen LogP contribution in [0.3, 0.4) is 0 Å². The Kier molecular flexibility index (Phi) is 8.21. The fourth-order valence-electron chi connectivity index (χ4n) is 1.93. The minimum Gasteiger partial charge on any atom is -0.504 e. The number of benzene rings is 2. The zero-order chi connectivity index (χ0) is 17.5. The Morgan fingerprint density at radius 2 is 1.80 bits per heavy atom. The molecule has 2 rings (SSSR count). The molecule has 0 amide bonds. The second-order valence-electron chi connectivity index (χ2n) is 4.84. The number of carboxylic acid groups (broad SMARTS) is 1. The summed E-state index contributed by atoms with van der Waals surface area (Å²) >= 11 is 0. The van der Waals surface area contributed by atoms with Crippen molar-refractivity contribution in [1.29, 1.82) is 0 Å². The summed E-state index contributed by atoms with van der Waals surface area (Å²) in [4.78, 5) is 22.5. The van der Waals surface area contributed by atoms with Crippen LogP contribution in [0.2, 0.25) is 0 Å². The first kappa shape index (κ1) is 20.8. The van der Waals surface area contributed by atoms with Crippen molar-refractivity contribution in [2.75, 3.05) is 13.7 Å². The minimum absolute atomic E-state index is 0. The van der Waals surface area contributed by atoms with Crippen LogP contribution in [0.1, 0.15) is 15.9 Å². The summed E-state index contributed by atoms with van der Waals surface area (Å²) in [7, 11) is 1.45. The summed E-state index contributed by atoms with van der Waals surface area (Å²) in [6.45, 7) is -0.435. The van der Waals surface area contributed by atoms with Gasteiger partial charge < -0.3 is 19.7 Å². The maximum Gasteiger partial charge on any atom is 1.00 e. The molecule has 0 aliphatic heterocycles. The van der Waals surface area contributed by atoms with Crippen molar-refractivity contribution in [3.8, 4) is 17.2 Å². The minimum atomic E-state index is -1.07. The quantitative estimate of drug-likeness (QED) is 0.407. The summed E-state index contributed by atoms with van der Waals surface area (Å²) in [6.07, 6.45) is 3.01. The topological polar surface area (TPSA) is 93.1 Å². The molecule has 6 nitrogen and oxygen atoms in total. The molecule has 0 radical (unpaired) electrons. The Balaban J connectivity index is 0.00000312. The Bertz CT molecular complexity index is 768. The Labute approximate surface area is 167 Å². The van der Waals surface area contributed by atoms with Gasteiger partial charge in [-0.15, -0.1) is 0 Å². The normalized spacial score (nSPS) is 10.1. The van der Waals surface area contributed by atoms with Crippen molar-refractivity contribution in [1.82, 2.24) is 0 Å². The van der Waals surface area contributed by atoms with Gasteiger partial charge in [-0.05, 0) is 48.0 Å². The van der Waals surface area contributed by atoms with E-state index in [9.17, 15) is 14.7 Å². The second-order valence-corrected chi connectivity index (χ2v) is 4.84. The van der Waals surface area contributed by atoms with Gasteiger partial charge in [-0.1, -0.05) is 12.1 Å². The largest absolute Gasteiger partial charge is 1.00 e. The number of aromatic hydroxyl groups is 1. The van der Waals surface area contributed by atoms with Crippen LogP contribution >= 0.6 is 0 Å². The molecule has 0 bridgehead atoms. The molecule has 2 N–H and O–H groups in total. The van der Waals surface area contributed by atoms with Crippen LogP contribution in [0, 0.1) is 0 Å². The van der Waals surface area contributed by atoms with Crippen LogP contribution in [0.5, 0.6) is 17.2 Å². The molecule has 0 atom stereocenters. The van der Waals surface area contributed by atoms with Crippen LogP contribution in [0.4, 0.5) is 0 Å². The molecule has 0 fully saturated rings. The molecule has 0 saturated carbocycles. The molecule has 2 aromatic rings. The number of carboxylic acids is 1. The number of hydrogen-bond acceptors (Lipinski definition) is 5. The van der Waals surface area contributed by atoms with E-state index in [1.54, 1.807) is 30.3 Å². The van der Waals surface area contributed by atoms with Gasteiger partial charge >= 0.3 is 35.5 Å². The predicted molar refractivity (Wildman–Crippen MR) is 87.6 cm³/mol. The third kappa shape index (κ3) is 6.26. The van der Waals surface area contributed by atoms with Gasteiger partial charge in [0.05, 0.1) is 7.11 Å². The number of allylic oxidation sites excluding steroid dienone is 1. The molecule has 0 aliphatic rings. The molecule has 0 aliphatic carbocycles. The number of carbonyl (C=O) groups is 2. The van der Waals surface area contributed by atoms with Gasteiger partial charge in [0.2, 0.25) is 0 Å². The fraction of sp³-hybridized carbons (Fsp3) is 0.111. The summed E-state index contributed by atoms with van der Waals surface area (Å²) in [5.41, 5.74) is 1.15. The Morgan fingerprint density at radius 3 is 2.40 bits per heavy atom. The van der Waals surface area contributed by atoms with E-state index in [0.29, 0.717) is 22.6 Å². The molecule has 0 aromatic heterocycles. The molecule has 0 saturated heterocycles. The van der Waals surface area contributed by atoms with E-state index in [0.717, 1.165) is 0 Å². The average molecular weight is 351 g/mol. The first-order valence-corrected chi connectivity index (χ1v) is 7.03. The number of phenolic OH excluding ortho intramolecular Hbond substituents is 1. The zero-order valence-corrected chi connectivity index (χ0v) is 15.9. The van der Waals surface area contributed by atoms with Crippen molar-refractivity contribution in [3.05, 3.63) is 59.7 Å². The van der Waals surface area contributed by atoms with E-state index in [4.69, 9.17) is 14.6 Å². The molecule has 0 heterocycles. The maximum absolute atomic E-state index is 12.1. The summed E-state index contributed by atoms with van der Waals surface area (Å²) in [6, 6.07) is 10.9. The summed E-state index contributed by atoms with van der Waals surface area (Å²) in [5.74, 6) is -0.558. The van der Waals surface area contributed by atoms with Gasteiger partial charge in [-0.2, -0.15) is 0 Å². The molecule has 0 spiro atoms. The number of hydrogen-bond donors (Lipinski definition) is 2. The van der Waals surface area contributed by atoms with Gasteiger partial charge in [0.15, 0.2) is 23.9 Å². The molecule has 124 valence electrons. The standard InChI is InChI=1S/C18H16O6.Na/c1-23-17-10-12(3-9-16(17)20)2-8-15(19)13-4-6-14(7-5-13)24-11-18(21)22;/h2-10,20H,11H2,1H3,(H,21,22);/q;+1/b8-2+;. The number of phenols is 1. The monoisotopic (exact) mass is 351 g/mol. The molecular weight excluding hydrogens is 335 g/mol. The maximum atomic E-state index is 12.1. The van der Waals surface area contributed by atoms with Gasteiger partial charge in [0.25, 0.3) is 0 Å². The SMILES string of the molecule is COc1cc(/C=C/C(=O)c2ccc(OCC(=O)O)cc2)ccc1O.[Na+]. The van der Waals surface area contributed by atoms with Gasteiger partial charge in [0, 0.05) is 5.56 Å². The zero-order valence-electron chi connectivity index (χ0n) is 13.9. The van der Waals surface area contributed by atoms with Gasteiger partial charge in [-0.25, -0.2) is 4.79 Å². The molecular formula is C18H16NaO6+. The average Bonchev–Trinajstić information content (AvgIpc) is 2.59. The number of carbonyl (C=O) groups excluding carboxylic acids is 1. The van der Waals surface area contributed by atoms with Crippen LogP contribution in [0.25, 0.3) is 6.08 Å². The van der Waals surface area contributed by atoms with E-state index < -0.39 is 12.6 Å². The van der Waals surface area contributed by atoms with Crippen LogP contribution in [0.15, 0.2) is 48.5 Å². The third-order valence-electron chi connectivity index (χ3n) is 3.13. The van der Waals surface area contributed by atoms with Gasteiger partial charge in [0.1, 0.15) is 5.75 Å². The van der Waals surface area contributed by atoms with E-state index in [2.05, 4.69) is 0 Å². The van der Waals surface area contributed by atoms with Crippen molar-refractivity contribution in [2.45, 2.75) is 0 Å².